The van der Waals surface area contributed by atoms with Gasteiger partial charge >= 0.3 is 0 Å². The fourth-order valence-corrected chi connectivity index (χ4v) is 4.18. The van der Waals surface area contributed by atoms with E-state index in [4.69, 9.17) is 4.74 Å². The third-order valence-electron chi connectivity index (χ3n) is 5.28. The Balaban J connectivity index is 1.33. The summed E-state index contributed by atoms with van der Waals surface area (Å²) in [6, 6.07) is 8.56. The van der Waals surface area contributed by atoms with Gasteiger partial charge in [0.15, 0.2) is 0 Å². The summed E-state index contributed by atoms with van der Waals surface area (Å²) in [5.41, 5.74) is 0.750. The lowest BCUT2D eigenvalue weighted by Crippen LogP contribution is -2.47. The van der Waals surface area contributed by atoms with Crippen molar-refractivity contribution < 1.29 is 9.53 Å². The first-order chi connectivity index (χ1) is 11.2. The monoisotopic (exact) mass is 332 g/mol. The average molecular weight is 332 g/mol. The molecule has 3 aliphatic rings. The summed E-state index contributed by atoms with van der Waals surface area (Å²) in [7, 11) is 0. The second kappa shape index (κ2) is 6.46. The summed E-state index contributed by atoms with van der Waals surface area (Å²) in [6.45, 7) is 2.84. The van der Waals surface area contributed by atoms with Gasteiger partial charge in [-0.2, -0.15) is 0 Å². The second-order valence-corrected chi connectivity index (χ2v) is 7.83. The van der Waals surface area contributed by atoms with Gasteiger partial charge in [0.1, 0.15) is 0 Å². The van der Waals surface area contributed by atoms with Crippen molar-refractivity contribution in [1.29, 1.82) is 0 Å². The van der Waals surface area contributed by atoms with Crippen LogP contribution in [0.1, 0.15) is 29.6 Å². The van der Waals surface area contributed by atoms with Gasteiger partial charge in [0.05, 0.1) is 12.7 Å². The van der Waals surface area contributed by atoms with Crippen molar-refractivity contribution in [2.24, 2.45) is 5.92 Å². The maximum atomic E-state index is 12.4. The fraction of sp³-hybridized carbons (Fsp3) is 0.611. The van der Waals surface area contributed by atoms with Gasteiger partial charge in [-0.15, -0.1) is 11.8 Å². The van der Waals surface area contributed by atoms with Crippen LogP contribution in [0.3, 0.4) is 0 Å². The number of thioether (sulfide) groups is 1. The molecule has 1 amide bonds. The average Bonchev–Trinajstić information content (AvgIpc) is 3.35. The zero-order chi connectivity index (χ0) is 15.8. The summed E-state index contributed by atoms with van der Waals surface area (Å²) < 4.78 is 6.02. The molecule has 124 valence electrons. The lowest BCUT2D eigenvalue weighted by atomic mass is 10.1. The number of amides is 1. The minimum Gasteiger partial charge on any atom is -0.375 e. The minimum absolute atomic E-state index is 0.0437. The topological polar surface area (TPSA) is 41.6 Å². The summed E-state index contributed by atoms with van der Waals surface area (Å²) in [5, 5.41) is 3.21. The second-order valence-electron chi connectivity index (χ2n) is 6.95. The van der Waals surface area contributed by atoms with Crippen LogP contribution in [0.15, 0.2) is 29.2 Å². The van der Waals surface area contributed by atoms with E-state index >= 15 is 0 Å². The predicted octanol–water partition coefficient (Wildman–Crippen LogP) is 2.39. The van der Waals surface area contributed by atoms with E-state index in [0.29, 0.717) is 12.1 Å². The number of nitrogens with zero attached hydrogens (tertiary/aromatic N) is 1. The largest absolute Gasteiger partial charge is 0.375 e. The molecule has 2 saturated heterocycles. The van der Waals surface area contributed by atoms with Gasteiger partial charge in [0, 0.05) is 35.6 Å². The molecule has 0 unspecified atom stereocenters. The molecule has 1 saturated carbocycles. The van der Waals surface area contributed by atoms with Gasteiger partial charge in [-0.05, 0) is 55.7 Å². The fourth-order valence-electron chi connectivity index (χ4n) is 3.77. The number of benzene rings is 1. The maximum absolute atomic E-state index is 12.4. The highest BCUT2D eigenvalue weighted by atomic mass is 32.2. The number of carbonyl (C=O) groups is 1. The van der Waals surface area contributed by atoms with Crippen molar-refractivity contribution >= 4 is 17.7 Å². The van der Waals surface area contributed by atoms with Crippen LogP contribution in [-0.4, -0.2) is 54.9 Å². The van der Waals surface area contributed by atoms with E-state index in [1.807, 2.05) is 30.5 Å². The van der Waals surface area contributed by atoms with Crippen LogP contribution in [0.5, 0.6) is 0 Å². The lowest BCUT2D eigenvalue weighted by molar-refractivity contribution is -0.0581. The third-order valence-corrected chi connectivity index (χ3v) is 6.02. The first-order valence-corrected chi connectivity index (χ1v) is 9.76. The number of nitrogens with one attached hydrogen (secondary N) is 1. The number of morpholine rings is 1. The molecule has 0 bridgehead atoms. The first kappa shape index (κ1) is 15.5. The van der Waals surface area contributed by atoms with Crippen molar-refractivity contribution in [1.82, 2.24) is 10.2 Å². The normalized spacial score (nSPS) is 30.9. The highest BCUT2D eigenvalue weighted by molar-refractivity contribution is 7.98. The Kier molecular flexibility index (Phi) is 4.35. The molecule has 3 atom stereocenters. The van der Waals surface area contributed by atoms with Crippen molar-refractivity contribution in [2.45, 2.75) is 42.3 Å². The Morgan fingerprint density at radius 3 is 2.74 bits per heavy atom. The van der Waals surface area contributed by atoms with Crippen molar-refractivity contribution in [2.75, 3.05) is 26.0 Å². The standard InChI is InChI=1S/C18H24N2O2S/c1-23-16-6-4-13(5-7-16)18(21)19-14-8-15-11-22-17(12-2-3-12)10-20(15)9-14/h4-7,12,14-15,17H,2-3,8-11H2,1H3,(H,19,21)/t14-,15+,17+/m1/s1. The molecule has 2 aliphatic heterocycles. The van der Waals surface area contributed by atoms with Gasteiger partial charge in [-0.1, -0.05) is 0 Å². The van der Waals surface area contributed by atoms with Crippen molar-refractivity contribution in [3.8, 4) is 0 Å². The van der Waals surface area contributed by atoms with Crippen LogP contribution >= 0.6 is 11.8 Å². The Hall–Kier alpha value is -1.04. The van der Waals surface area contributed by atoms with Gasteiger partial charge in [-0.25, -0.2) is 0 Å². The van der Waals surface area contributed by atoms with Crippen LogP contribution in [0.25, 0.3) is 0 Å². The SMILES string of the molecule is CSc1ccc(C(=O)N[C@@H]2C[C@H]3CO[C@H](C4CC4)CN3C2)cc1. The van der Waals surface area contributed by atoms with Gasteiger partial charge in [0.25, 0.3) is 5.91 Å². The number of hydrogen-bond donors (Lipinski definition) is 1. The number of carbonyl (C=O) groups excluding carboxylic acids is 1. The Morgan fingerprint density at radius 1 is 1.26 bits per heavy atom. The van der Waals surface area contributed by atoms with E-state index in [9.17, 15) is 4.79 Å². The molecule has 0 radical (unpaired) electrons. The van der Waals surface area contributed by atoms with E-state index in [2.05, 4.69) is 10.2 Å². The lowest BCUT2D eigenvalue weighted by Gasteiger charge is -2.35. The molecule has 4 rings (SSSR count). The summed E-state index contributed by atoms with van der Waals surface area (Å²) in [5.74, 6) is 0.835. The number of rotatable bonds is 4. The first-order valence-electron chi connectivity index (χ1n) is 8.53. The Labute approximate surface area is 142 Å². The zero-order valence-electron chi connectivity index (χ0n) is 13.5. The smallest absolute Gasteiger partial charge is 0.251 e. The van der Waals surface area contributed by atoms with E-state index in [1.165, 1.54) is 17.7 Å². The Bertz CT molecular complexity index is 573. The highest BCUT2D eigenvalue weighted by Crippen LogP contribution is 2.37. The molecule has 1 aromatic carbocycles. The van der Waals surface area contributed by atoms with E-state index < -0.39 is 0 Å². The maximum Gasteiger partial charge on any atom is 0.251 e. The number of ether oxygens (including phenoxy) is 1. The number of hydrogen-bond acceptors (Lipinski definition) is 4. The summed E-state index contributed by atoms with van der Waals surface area (Å²) >= 11 is 1.69. The van der Waals surface area contributed by atoms with E-state index in [0.717, 1.165) is 37.6 Å². The highest BCUT2D eigenvalue weighted by Gasteiger charge is 2.42. The minimum atomic E-state index is 0.0437. The molecule has 0 spiro atoms. The molecule has 3 fully saturated rings. The van der Waals surface area contributed by atoms with Crippen LogP contribution in [0, 0.1) is 5.92 Å². The molecular weight excluding hydrogens is 308 g/mol. The van der Waals surface area contributed by atoms with Crippen LogP contribution in [-0.2, 0) is 4.74 Å². The van der Waals surface area contributed by atoms with Gasteiger partial charge < -0.3 is 10.1 Å². The molecular formula is C18H24N2O2S. The molecule has 2 heterocycles. The third kappa shape index (κ3) is 3.42. The molecule has 5 heteroatoms. The van der Waals surface area contributed by atoms with E-state index in [1.54, 1.807) is 11.8 Å². The summed E-state index contributed by atoms with van der Waals surface area (Å²) in [4.78, 5) is 16.1. The molecule has 1 aromatic rings. The van der Waals surface area contributed by atoms with Crippen molar-refractivity contribution in [3.63, 3.8) is 0 Å². The summed E-state index contributed by atoms with van der Waals surface area (Å²) in [6.07, 6.45) is 6.14. The zero-order valence-corrected chi connectivity index (χ0v) is 14.3. The van der Waals surface area contributed by atoms with Gasteiger partial charge in [-0.3, -0.25) is 9.69 Å². The molecule has 1 N–H and O–H groups in total. The molecule has 23 heavy (non-hydrogen) atoms. The Morgan fingerprint density at radius 2 is 2.04 bits per heavy atom. The van der Waals surface area contributed by atoms with Crippen molar-refractivity contribution in [3.05, 3.63) is 29.8 Å². The van der Waals surface area contributed by atoms with Crippen LogP contribution < -0.4 is 5.32 Å². The molecule has 0 aromatic heterocycles. The number of fused-ring (bicyclic) bond motifs is 1. The molecule has 1 aliphatic carbocycles. The van der Waals surface area contributed by atoms with Crippen LogP contribution in [0.4, 0.5) is 0 Å². The van der Waals surface area contributed by atoms with Crippen LogP contribution in [0.2, 0.25) is 0 Å². The molecule has 4 nitrogen and oxygen atoms in total. The van der Waals surface area contributed by atoms with E-state index in [-0.39, 0.29) is 11.9 Å². The quantitative estimate of drug-likeness (QED) is 0.860. The van der Waals surface area contributed by atoms with Gasteiger partial charge in [0.2, 0.25) is 0 Å². The predicted molar refractivity (Wildman–Crippen MR) is 91.9 cm³/mol.